The van der Waals surface area contributed by atoms with E-state index in [0.29, 0.717) is 5.56 Å². The van der Waals surface area contributed by atoms with E-state index in [0.717, 1.165) is 25.7 Å². The zero-order valence-electron chi connectivity index (χ0n) is 10.1. The molecule has 0 aromatic heterocycles. The summed E-state index contributed by atoms with van der Waals surface area (Å²) < 4.78 is 5.34. The molecule has 0 spiro atoms. The lowest BCUT2D eigenvalue weighted by atomic mass is 9.96. The van der Waals surface area contributed by atoms with Gasteiger partial charge in [0.1, 0.15) is 6.10 Å². The van der Waals surface area contributed by atoms with Gasteiger partial charge in [0.05, 0.1) is 0 Å². The second-order valence-electron chi connectivity index (χ2n) is 4.75. The van der Waals surface area contributed by atoms with Crippen LogP contribution in [0.4, 0.5) is 0 Å². The Kier molecular flexibility index (Phi) is 3.48. The molecule has 2 rings (SSSR count). The molecule has 1 unspecified atom stereocenters. The van der Waals surface area contributed by atoms with E-state index < -0.39 is 11.6 Å². The Morgan fingerprint density at radius 3 is 2.47 bits per heavy atom. The standard InChI is InChI=1S/C14H18O3/c1-14(16,11-7-3-2-4-8-11)13(15)17-12-9-5-6-10-12/h2-4,7-8,12,16H,5-6,9-10H2,1H3. The summed E-state index contributed by atoms with van der Waals surface area (Å²) >= 11 is 0. The number of carbonyl (C=O) groups is 1. The van der Waals surface area contributed by atoms with Gasteiger partial charge in [-0.05, 0) is 38.2 Å². The monoisotopic (exact) mass is 234 g/mol. The van der Waals surface area contributed by atoms with Gasteiger partial charge in [0.2, 0.25) is 0 Å². The molecule has 92 valence electrons. The predicted molar refractivity (Wildman–Crippen MR) is 64.4 cm³/mol. The van der Waals surface area contributed by atoms with Crippen molar-refractivity contribution in [1.29, 1.82) is 0 Å². The van der Waals surface area contributed by atoms with Crippen LogP contribution in [0.1, 0.15) is 38.2 Å². The summed E-state index contributed by atoms with van der Waals surface area (Å²) in [5, 5.41) is 10.2. The summed E-state index contributed by atoms with van der Waals surface area (Å²) in [5.74, 6) is -0.546. The average molecular weight is 234 g/mol. The molecule has 0 aliphatic heterocycles. The minimum atomic E-state index is -1.55. The fourth-order valence-corrected chi connectivity index (χ4v) is 2.15. The number of ether oxygens (including phenoxy) is 1. The molecule has 3 nitrogen and oxygen atoms in total. The molecule has 0 heterocycles. The molecule has 0 radical (unpaired) electrons. The summed E-state index contributed by atoms with van der Waals surface area (Å²) in [7, 11) is 0. The molecular formula is C14H18O3. The smallest absolute Gasteiger partial charge is 0.342 e. The van der Waals surface area contributed by atoms with Crippen LogP contribution in [-0.2, 0) is 15.1 Å². The Morgan fingerprint density at radius 1 is 1.29 bits per heavy atom. The van der Waals surface area contributed by atoms with Gasteiger partial charge in [-0.1, -0.05) is 30.3 Å². The van der Waals surface area contributed by atoms with E-state index in [4.69, 9.17) is 4.74 Å². The van der Waals surface area contributed by atoms with Crippen molar-refractivity contribution in [3.63, 3.8) is 0 Å². The average Bonchev–Trinajstić information content (AvgIpc) is 2.83. The quantitative estimate of drug-likeness (QED) is 0.817. The fraction of sp³-hybridized carbons (Fsp3) is 0.500. The van der Waals surface area contributed by atoms with E-state index in [2.05, 4.69) is 0 Å². The topological polar surface area (TPSA) is 46.5 Å². The summed E-state index contributed by atoms with van der Waals surface area (Å²) in [6.07, 6.45) is 4.02. The molecule has 1 atom stereocenters. The predicted octanol–water partition coefficient (Wildman–Crippen LogP) is 2.38. The van der Waals surface area contributed by atoms with E-state index >= 15 is 0 Å². The Bertz CT molecular complexity index is 378. The maximum absolute atomic E-state index is 11.9. The second-order valence-corrected chi connectivity index (χ2v) is 4.75. The van der Waals surface area contributed by atoms with E-state index in [1.807, 2.05) is 6.07 Å². The van der Waals surface area contributed by atoms with Crippen molar-refractivity contribution in [1.82, 2.24) is 0 Å². The molecule has 1 N–H and O–H groups in total. The Balaban J connectivity index is 2.06. The molecule has 1 saturated carbocycles. The lowest BCUT2D eigenvalue weighted by Crippen LogP contribution is -2.36. The van der Waals surface area contributed by atoms with Crippen molar-refractivity contribution in [3.05, 3.63) is 35.9 Å². The van der Waals surface area contributed by atoms with Gasteiger partial charge in [0.25, 0.3) is 0 Å². The SMILES string of the molecule is CC(O)(C(=O)OC1CCCC1)c1ccccc1. The van der Waals surface area contributed by atoms with Crippen LogP contribution < -0.4 is 0 Å². The van der Waals surface area contributed by atoms with Crippen molar-refractivity contribution < 1.29 is 14.6 Å². The third-order valence-electron chi connectivity index (χ3n) is 3.31. The van der Waals surface area contributed by atoms with E-state index in [-0.39, 0.29) is 6.10 Å². The molecule has 3 heteroatoms. The Morgan fingerprint density at radius 2 is 1.88 bits per heavy atom. The van der Waals surface area contributed by atoms with Gasteiger partial charge in [0, 0.05) is 0 Å². The molecule has 0 amide bonds. The largest absolute Gasteiger partial charge is 0.460 e. The first-order valence-corrected chi connectivity index (χ1v) is 6.09. The molecule has 1 aliphatic rings. The van der Waals surface area contributed by atoms with Crippen LogP contribution >= 0.6 is 0 Å². The molecule has 1 aromatic carbocycles. The second kappa shape index (κ2) is 4.88. The zero-order valence-corrected chi connectivity index (χ0v) is 10.1. The molecule has 1 aromatic rings. The fourth-order valence-electron chi connectivity index (χ4n) is 2.15. The van der Waals surface area contributed by atoms with Crippen LogP contribution in [0.15, 0.2) is 30.3 Å². The lowest BCUT2D eigenvalue weighted by Gasteiger charge is -2.24. The van der Waals surface area contributed by atoms with Gasteiger partial charge in [-0.2, -0.15) is 0 Å². The number of esters is 1. The van der Waals surface area contributed by atoms with Gasteiger partial charge >= 0.3 is 5.97 Å². The highest BCUT2D eigenvalue weighted by Crippen LogP contribution is 2.26. The minimum Gasteiger partial charge on any atom is -0.460 e. The van der Waals surface area contributed by atoms with Crippen LogP contribution in [0.3, 0.4) is 0 Å². The number of hydrogen-bond donors (Lipinski definition) is 1. The van der Waals surface area contributed by atoms with E-state index in [1.165, 1.54) is 6.92 Å². The Hall–Kier alpha value is -1.35. The maximum atomic E-state index is 11.9. The van der Waals surface area contributed by atoms with Crippen molar-refractivity contribution in [2.45, 2.75) is 44.3 Å². The maximum Gasteiger partial charge on any atom is 0.342 e. The highest BCUT2D eigenvalue weighted by Gasteiger charge is 2.36. The zero-order chi connectivity index (χ0) is 12.3. The lowest BCUT2D eigenvalue weighted by molar-refractivity contribution is -0.170. The third-order valence-corrected chi connectivity index (χ3v) is 3.31. The van der Waals surface area contributed by atoms with Gasteiger partial charge in [0.15, 0.2) is 5.60 Å². The van der Waals surface area contributed by atoms with Gasteiger partial charge < -0.3 is 9.84 Å². The van der Waals surface area contributed by atoms with Gasteiger partial charge in [-0.3, -0.25) is 0 Å². The normalized spacial score (nSPS) is 19.9. The van der Waals surface area contributed by atoms with E-state index in [9.17, 15) is 9.90 Å². The molecular weight excluding hydrogens is 216 g/mol. The van der Waals surface area contributed by atoms with Crippen LogP contribution in [-0.4, -0.2) is 17.2 Å². The molecule has 1 aliphatic carbocycles. The van der Waals surface area contributed by atoms with Crippen LogP contribution in [0, 0.1) is 0 Å². The molecule has 17 heavy (non-hydrogen) atoms. The molecule has 1 fully saturated rings. The first-order valence-electron chi connectivity index (χ1n) is 6.09. The molecule has 0 saturated heterocycles. The number of rotatable bonds is 3. The summed E-state index contributed by atoms with van der Waals surface area (Å²) in [4.78, 5) is 11.9. The summed E-state index contributed by atoms with van der Waals surface area (Å²) in [5.41, 5.74) is -0.980. The Labute approximate surface area is 101 Å². The summed E-state index contributed by atoms with van der Waals surface area (Å²) in [6, 6.07) is 8.91. The van der Waals surface area contributed by atoms with Crippen molar-refractivity contribution in [2.75, 3.05) is 0 Å². The first-order chi connectivity index (χ1) is 8.10. The first kappa shape index (κ1) is 12.1. The highest BCUT2D eigenvalue weighted by molar-refractivity contribution is 5.80. The number of hydrogen-bond acceptors (Lipinski definition) is 3. The van der Waals surface area contributed by atoms with Crippen LogP contribution in [0.2, 0.25) is 0 Å². The number of benzene rings is 1. The van der Waals surface area contributed by atoms with Gasteiger partial charge in [-0.15, -0.1) is 0 Å². The highest BCUT2D eigenvalue weighted by atomic mass is 16.6. The number of aliphatic hydroxyl groups is 1. The number of carbonyl (C=O) groups excluding carboxylic acids is 1. The van der Waals surface area contributed by atoms with Gasteiger partial charge in [-0.25, -0.2) is 4.79 Å². The minimum absolute atomic E-state index is 0.0160. The van der Waals surface area contributed by atoms with Crippen molar-refractivity contribution in [3.8, 4) is 0 Å². The van der Waals surface area contributed by atoms with Crippen LogP contribution in [0.5, 0.6) is 0 Å². The van der Waals surface area contributed by atoms with Crippen molar-refractivity contribution in [2.24, 2.45) is 0 Å². The van der Waals surface area contributed by atoms with Crippen molar-refractivity contribution >= 4 is 5.97 Å². The van der Waals surface area contributed by atoms with Crippen LogP contribution in [0.25, 0.3) is 0 Å². The third kappa shape index (κ3) is 2.67. The summed E-state index contributed by atoms with van der Waals surface area (Å²) in [6.45, 7) is 1.49. The molecule has 0 bridgehead atoms. The van der Waals surface area contributed by atoms with E-state index in [1.54, 1.807) is 24.3 Å².